The molecule has 0 saturated heterocycles. The van der Waals surface area contributed by atoms with Gasteiger partial charge in [0.25, 0.3) is 0 Å². The quantitative estimate of drug-likeness (QED) is 0.692. The highest BCUT2D eigenvalue weighted by Gasteiger charge is 2.26. The van der Waals surface area contributed by atoms with Crippen LogP contribution in [0.15, 0.2) is 18.3 Å². The van der Waals surface area contributed by atoms with Gasteiger partial charge in [-0.3, -0.25) is 4.98 Å². The van der Waals surface area contributed by atoms with Crippen LogP contribution in [0.1, 0.15) is 25.5 Å². The molecule has 0 unspecified atom stereocenters. The molecular formula is C11H15NO. The molecular weight excluding hydrogens is 162 g/mol. The molecule has 0 radical (unpaired) electrons. The number of pyridine rings is 1. The van der Waals surface area contributed by atoms with E-state index in [1.807, 2.05) is 19.1 Å². The molecule has 2 rings (SSSR count). The predicted molar refractivity (Wildman–Crippen MR) is 51.8 cm³/mol. The zero-order chi connectivity index (χ0) is 9.26. The van der Waals surface area contributed by atoms with Crippen molar-refractivity contribution in [3.8, 4) is 5.75 Å². The highest BCUT2D eigenvalue weighted by molar-refractivity contribution is 5.19. The van der Waals surface area contributed by atoms with Gasteiger partial charge in [0.1, 0.15) is 5.75 Å². The lowest BCUT2D eigenvalue weighted by Crippen LogP contribution is -2.31. The fraction of sp³-hybridized carbons (Fsp3) is 0.545. The van der Waals surface area contributed by atoms with Crippen molar-refractivity contribution < 1.29 is 4.74 Å². The minimum atomic E-state index is 0.430. The van der Waals surface area contributed by atoms with E-state index in [4.69, 9.17) is 4.74 Å². The third kappa shape index (κ3) is 2.00. The number of hydrogen-bond acceptors (Lipinski definition) is 2. The SMILES string of the molecule is Cc1ccc(OC2CC(C)C2)cn1. The van der Waals surface area contributed by atoms with Crippen LogP contribution in [0.4, 0.5) is 0 Å². The van der Waals surface area contributed by atoms with Gasteiger partial charge in [0.05, 0.1) is 12.3 Å². The van der Waals surface area contributed by atoms with Crippen LogP contribution in [0, 0.1) is 12.8 Å². The third-order valence-corrected chi connectivity index (χ3v) is 2.52. The van der Waals surface area contributed by atoms with Crippen LogP contribution in [0.3, 0.4) is 0 Å². The summed E-state index contributed by atoms with van der Waals surface area (Å²) in [5, 5.41) is 0. The van der Waals surface area contributed by atoms with Crippen molar-refractivity contribution in [1.82, 2.24) is 4.98 Å². The molecule has 0 amide bonds. The van der Waals surface area contributed by atoms with Crippen LogP contribution >= 0.6 is 0 Å². The van der Waals surface area contributed by atoms with Gasteiger partial charge in [-0.25, -0.2) is 0 Å². The van der Waals surface area contributed by atoms with Gasteiger partial charge in [-0.1, -0.05) is 6.92 Å². The second-order valence-corrected chi connectivity index (χ2v) is 3.95. The maximum absolute atomic E-state index is 5.71. The molecule has 0 aromatic carbocycles. The molecule has 1 heterocycles. The number of ether oxygens (including phenoxy) is 1. The van der Waals surface area contributed by atoms with E-state index in [-0.39, 0.29) is 0 Å². The summed E-state index contributed by atoms with van der Waals surface area (Å²) in [4.78, 5) is 4.18. The Labute approximate surface area is 78.9 Å². The molecule has 0 atom stereocenters. The Morgan fingerprint density at radius 3 is 2.69 bits per heavy atom. The Hall–Kier alpha value is -1.05. The Morgan fingerprint density at radius 1 is 1.38 bits per heavy atom. The van der Waals surface area contributed by atoms with Crippen molar-refractivity contribution in [2.24, 2.45) is 5.92 Å². The topological polar surface area (TPSA) is 22.1 Å². The summed E-state index contributed by atoms with van der Waals surface area (Å²) < 4.78 is 5.71. The Kier molecular flexibility index (Phi) is 2.21. The lowest BCUT2D eigenvalue weighted by Gasteiger charge is -2.32. The van der Waals surface area contributed by atoms with E-state index in [1.165, 1.54) is 12.8 Å². The standard InChI is InChI=1S/C11H15NO/c1-8-5-11(6-8)13-10-4-3-9(2)12-7-10/h3-4,7-8,11H,5-6H2,1-2H3. The first-order valence-electron chi connectivity index (χ1n) is 4.83. The maximum atomic E-state index is 5.71. The molecule has 0 bridgehead atoms. The molecule has 0 spiro atoms. The van der Waals surface area contributed by atoms with Crippen molar-refractivity contribution in [3.05, 3.63) is 24.0 Å². The van der Waals surface area contributed by atoms with E-state index in [9.17, 15) is 0 Å². The minimum Gasteiger partial charge on any atom is -0.489 e. The van der Waals surface area contributed by atoms with Crippen molar-refractivity contribution in [2.45, 2.75) is 32.8 Å². The molecule has 13 heavy (non-hydrogen) atoms. The van der Waals surface area contributed by atoms with E-state index in [0.29, 0.717) is 6.10 Å². The molecule has 0 N–H and O–H groups in total. The largest absolute Gasteiger partial charge is 0.489 e. The van der Waals surface area contributed by atoms with Gasteiger partial charge in [0, 0.05) is 5.69 Å². The number of hydrogen-bond donors (Lipinski definition) is 0. The molecule has 0 aliphatic heterocycles. The first-order valence-corrected chi connectivity index (χ1v) is 4.83. The van der Waals surface area contributed by atoms with E-state index < -0.39 is 0 Å². The second kappa shape index (κ2) is 3.36. The van der Waals surface area contributed by atoms with E-state index in [2.05, 4.69) is 11.9 Å². The zero-order valence-corrected chi connectivity index (χ0v) is 8.16. The molecule has 1 aliphatic carbocycles. The zero-order valence-electron chi connectivity index (χ0n) is 8.16. The summed E-state index contributed by atoms with van der Waals surface area (Å²) in [6.07, 6.45) is 4.61. The summed E-state index contributed by atoms with van der Waals surface area (Å²) in [5.74, 6) is 1.74. The summed E-state index contributed by atoms with van der Waals surface area (Å²) in [6, 6.07) is 3.97. The van der Waals surface area contributed by atoms with Crippen LogP contribution in [0.2, 0.25) is 0 Å². The van der Waals surface area contributed by atoms with Gasteiger partial charge >= 0.3 is 0 Å². The van der Waals surface area contributed by atoms with Crippen molar-refractivity contribution in [3.63, 3.8) is 0 Å². The molecule has 1 fully saturated rings. The lowest BCUT2D eigenvalue weighted by atomic mass is 9.84. The van der Waals surface area contributed by atoms with Crippen LogP contribution in [0.25, 0.3) is 0 Å². The number of aromatic nitrogens is 1. The average molecular weight is 177 g/mol. The van der Waals surface area contributed by atoms with Gasteiger partial charge in [0.15, 0.2) is 0 Å². The molecule has 2 heteroatoms. The van der Waals surface area contributed by atoms with Gasteiger partial charge in [-0.15, -0.1) is 0 Å². The normalized spacial score (nSPS) is 26.6. The number of rotatable bonds is 2. The molecule has 1 aliphatic rings. The van der Waals surface area contributed by atoms with Crippen LogP contribution in [-0.2, 0) is 0 Å². The van der Waals surface area contributed by atoms with E-state index in [0.717, 1.165) is 17.4 Å². The van der Waals surface area contributed by atoms with E-state index >= 15 is 0 Å². The fourth-order valence-corrected chi connectivity index (χ4v) is 1.64. The smallest absolute Gasteiger partial charge is 0.138 e. The minimum absolute atomic E-state index is 0.430. The summed E-state index contributed by atoms with van der Waals surface area (Å²) in [7, 11) is 0. The van der Waals surface area contributed by atoms with Gasteiger partial charge < -0.3 is 4.74 Å². The summed E-state index contributed by atoms with van der Waals surface area (Å²) >= 11 is 0. The fourth-order valence-electron chi connectivity index (χ4n) is 1.64. The van der Waals surface area contributed by atoms with Crippen molar-refractivity contribution in [1.29, 1.82) is 0 Å². The number of aryl methyl sites for hydroxylation is 1. The first-order chi connectivity index (χ1) is 6.24. The summed E-state index contributed by atoms with van der Waals surface area (Å²) in [5.41, 5.74) is 1.04. The van der Waals surface area contributed by atoms with Crippen LogP contribution < -0.4 is 4.74 Å². The highest BCUT2D eigenvalue weighted by Crippen LogP contribution is 2.30. The Bertz CT molecular complexity index is 275. The highest BCUT2D eigenvalue weighted by atomic mass is 16.5. The predicted octanol–water partition coefficient (Wildman–Crippen LogP) is 2.57. The number of nitrogens with zero attached hydrogens (tertiary/aromatic N) is 1. The molecule has 1 aromatic heterocycles. The van der Waals surface area contributed by atoms with Gasteiger partial charge in [-0.05, 0) is 37.8 Å². The Morgan fingerprint density at radius 2 is 2.15 bits per heavy atom. The van der Waals surface area contributed by atoms with E-state index in [1.54, 1.807) is 6.20 Å². The summed E-state index contributed by atoms with van der Waals surface area (Å²) in [6.45, 7) is 4.24. The molecule has 70 valence electrons. The van der Waals surface area contributed by atoms with Crippen LogP contribution in [-0.4, -0.2) is 11.1 Å². The lowest BCUT2D eigenvalue weighted by molar-refractivity contribution is 0.0735. The second-order valence-electron chi connectivity index (χ2n) is 3.95. The third-order valence-electron chi connectivity index (χ3n) is 2.52. The van der Waals surface area contributed by atoms with Crippen molar-refractivity contribution in [2.75, 3.05) is 0 Å². The molecule has 1 saturated carbocycles. The monoisotopic (exact) mass is 177 g/mol. The maximum Gasteiger partial charge on any atom is 0.138 e. The van der Waals surface area contributed by atoms with Gasteiger partial charge in [-0.2, -0.15) is 0 Å². The van der Waals surface area contributed by atoms with Gasteiger partial charge in [0.2, 0.25) is 0 Å². The van der Waals surface area contributed by atoms with Crippen LogP contribution in [0.5, 0.6) is 5.75 Å². The molecule has 1 aromatic rings. The average Bonchev–Trinajstić information content (AvgIpc) is 2.06. The molecule has 2 nitrogen and oxygen atoms in total. The Balaban J connectivity index is 1.91. The van der Waals surface area contributed by atoms with Crippen molar-refractivity contribution >= 4 is 0 Å². The first kappa shape index (κ1) is 8.54.